The molecule has 27 heavy (non-hydrogen) atoms. The van der Waals surface area contributed by atoms with E-state index in [2.05, 4.69) is 5.32 Å². The van der Waals surface area contributed by atoms with E-state index in [0.29, 0.717) is 5.69 Å². The average Bonchev–Trinajstić information content (AvgIpc) is 2.56. The number of nitrogens with one attached hydrogen (secondary N) is 1. The Morgan fingerprint density at radius 3 is 2.41 bits per heavy atom. The zero-order valence-corrected chi connectivity index (χ0v) is 16.5. The number of anilines is 1. The summed E-state index contributed by atoms with van der Waals surface area (Å²) < 4.78 is 28.1. The number of hydrogen-bond donors (Lipinski definition) is 2. The van der Waals surface area contributed by atoms with Gasteiger partial charge in [0.2, 0.25) is 10.0 Å². The van der Waals surface area contributed by atoms with Gasteiger partial charge in [-0.15, -0.1) is 0 Å². The third-order valence-electron chi connectivity index (χ3n) is 3.77. The van der Waals surface area contributed by atoms with Gasteiger partial charge >= 0.3 is 5.97 Å². The molecule has 0 aliphatic heterocycles. The molecular formula is C18H19ClN2O5S. The average molecular weight is 411 g/mol. The summed E-state index contributed by atoms with van der Waals surface area (Å²) in [4.78, 5) is 24.1. The normalized spacial score (nSPS) is 12.3. The summed E-state index contributed by atoms with van der Waals surface area (Å²) in [6, 6.07) is 9.03. The van der Waals surface area contributed by atoms with E-state index in [4.69, 9.17) is 21.5 Å². The van der Waals surface area contributed by atoms with Crippen molar-refractivity contribution < 1.29 is 22.7 Å². The van der Waals surface area contributed by atoms with E-state index in [1.807, 2.05) is 26.0 Å². The SMILES string of the molecule is Cc1ccc(NC(=O)C(C)OC(=O)c2ccc(Cl)c(S(N)(=O)=O)c2)c(C)c1. The van der Waals surface area contributed by atoms with Crippen molar-refractivity contribution in [1.82, 2.24) is 0 Å². The number of ether oxygens (including phenoxy) is 1. The van der Waals surface area contributed by atoms with Crippen molar-refractivity contribution in [3.8, 4) is 0 Å². The Bertz CT molecular complexity index is 1000. The van der Waals surface area contributed by atoms with Gasteiger partial charge in [-0.25, -0.2) is 18.4 Å². The van der Waals surface area contributed by atoms with Crippen LogP contribution in [0.15, 0.2) is 41.3 Å². The predicted octanol–water partition coefficient (Wildman–Crippen LogP) is 2.79. The Kier molecular flexibility index (Phi) is 6.25. The van der Waals surface area contributed by atoms with Crippen LogP contribution in [0.5, 0.6) is 0 Å². The van der Waals surface area contributed by atoms with E-state index in [-0.39, 0.29) is 10.6 Å². The number of sulfonamides is 1. The summed E-state index contributed by atoms with van der Waals surface area (Å²) in [6.45, 7) is 5.19. The van der Waals surface area contributed by atoms with Gasteiger partial charge in [-0.2, -0.15) is 0 Å². The molecule has 0 spiro atoms. The van der Waals surface area contributed by atoms with E-state index in [1.165, 1.54) is 19.1 Å². The van der Waals surface area contributed by atoms with E-state index >= 15 is 0 Å². The number of halogens is 1. The third-order valence-corrected chi connectivity index (χ3v) is 5.16. The molecule has 0 aromatic heterocycles. The zero-order chi connectivity index (χ0) is 20.4. The van der Waals surface area contributed by atoms with E-state index in [0.717, 1.165) is 17.2 Å². The van der Waals surface area contributed by atoms with E-state index in [1.54, 1.807) is 6.07 Å². The fraction of sp³-hybridized carbons (Fsp3) is 0.222. The van der Waals surface area contributed by atoms with Crippen LogP contribution in [0, 0.1) is 13.8 Å². The molecule has 0 saturated carbocycles. The lowest BCUT2D eigenvalue weighted by Crippen LogP contribution is -2.30. The molecule has 0 aliphatic carbocycles. The largest absolute Gasteiger partial charge is 0.449 e. The van der Waals surface area contributed by atoms with Crippen LogP contribution in [0.25, 0.3) is 0 Å². The van der Waals surface area contributed by atoms with Crippen LogP contribution in [0.4, 0.5) is 5.69 Å². The van der Waals surface area contributed by atoms with Gasteiger partial charge in [-0.3, -0.25) is 4.79 Å². The smallest absolute Gasteiger partial charge is 0.338 e. The lowest BCUT2D eigenvalue weighted by atomic mass is 10.1. The molecule has 1 amide bonds. The molecular weight excluding hydrogens is 392 g/mol. The maximum absolute atomic E-state index is 12.3. The van der Waals surface area contributed by atoms with Gasteiger partial charge in [0.25, 0.3) is 5.91 Å². The monoisotopic (exact) mass is 410 g/mol. The Morgan fingerprint density at radius 2 is 1.81 bits per heavy atom. The minimum atomic E-state index is -4.10. The second-order valence-corrected chi connectivity index (χ2v) is 7.98. The van der Waals surface area contributed by atoms with Crippen molar-refractivity contribution in [1.29, 1.82) is 0 Å². The maximum Gasteiger partial charge on any atom is 0.338 e. The molecule has 2 rings (SSSR count). The molecule has 0 saturated heterocycles. The summed E-state index contributed by atoms with van der Waals surface area (Å²) in [5, 5.41) is 7.63. The van der Waals surface area contributed by atoms with Crippen LogP contribution in [-0.4, -0.2) is 26.4 Å². The summed E-state index contributed by atoms with van der Waals surface area (Å²) in [5.74, 6) is -1.39. The lowest BCUT2D eigenvalue weighted by Gasteiger charge is -2.15. The minimum Gasteiger partial charge on any atom is -0.449 e. The van der Waals surface area contributed by atoms with Crippen molar-refractivity contribution >= 4 is 39.2 Å². The first-order valence-electron chi connectivity index (χ1n) is 7.90. The summed E-state index contributed by atoms with van der Waals surface area (Å²) >= 11 is 5.78. The summed E-state index contributed by atoms with van der Waals surface area (Å²) in [7, 11) is -4.10. The molecule has 9 heteroatoms. The molecule has 0 aliphatic rings. The van der Waals surface area contributed by atoms with Gasteiger partial charge in [0, 0.05) is 5.69 Å². The van der Waals surface area contributed by atoms with Crippen LogP contribution in [0.3, 0.4) is 0 Å². The zero-order valence-electron chi connectivity index (χ0n) is 14.9. The number of rotatable bonds is 5. The number of benzene rings is 2. The second-order valence-electron chi connectivity index (χ2n) is 6.05. The van der Waals surface area contributed by atoms with Crippen LogP contribution >= 0.6 is 11.6 Å². The Hall–Kier alpha value is -2.42. The van der Waals surface area contributed by atoms with Crippen LogP contribution in [0.1, 0.15) is 28.4 Å². The number of aryl methyl sites for hydroxylation is 2. The predicted molar refractivity (Wildman–Crippen MR) is 102 cm³/mol. The molecule has 1 atom stereocenters. The molecule has 7 nitrogen and oxygen atoms in total. The third kappa shape index (κ3) is 5.29. The molecule has 1 unspecified atom stereocenters. The van der Waals surface area contributed by atoms with Crippen molar-refractivity contribution in [2.24, 2.45) is 5.14 Å². The highest BCUT2D eigenvalue weighted by atomic mass is 35.5. The highest BCUT2D eigenvalue weighted by molar-refractivity contribution is 7.89. The molecule has 144 valence electrons. The number of hydrogen-bond acceptors (Lipinski definition) is 5. The van der Waals surface area contributed by atoms with Gasteiger partial charge in [-0.1, -0.05) is 29.3 Å². The first-order valence-corrected chi connectivity index (χ1v) is 9.83. The molecule has 0 heterocycles. The second kappa shape index (κ2) is 8.08. The van der Waals surface area contributed by atoms with Gasteiger partial charge in [0.05, 0.1) is 10.6 Å². The number of primary sulfonamides is 1. The highest BCUT2D eigenvalue weighted by Gasteiger charge is 2.22. The Labute approximate surface area is 162 Å². The topological polar surface area (TPSA) is 116 Å². The fourth-order valence-corrected chi connectivity index (χ4v) is 3.39. The fourth-order valence-electron chi connectivity index (χ4n) is 2.32. The summed E-state index contributed by atoms with van der Waals surface area (Å²) in [6.07, 6.45) is -1.10. The van der Waals surface area contributed by atoms with Crippen molar-refractivity contribution in [2.75, 3.05) is 5.32 Å². The Balaban J connectivity index is 2.12. The highest BCUT2D eigenvalue weighted by Crippen LogP contribution is 2.22. The number of amides is 1. The molecule has 2 aromatic rings. The van der Waals surface area contributed by atoms with Crippen molar-refractivity contribution in [3.63, 3.8) is 0 Å². The van der Waals surface area contributed by atoms with Crippen LogP contribution < -0.4 is 10.5 Å². The molecule has 3 N–H and O–H groups in total. The number of carbonyl (C=O) groups is 2. The van der Waals surface area contributed by atoms with Gasteiger partial charge in [0.15, 0.2) is 6.10 Å². The van der Waals surface area contributed by atoms with E-state index < -0.39 is 32.9 Å². The molecule has 2 aromatic carbocycles. The first kappa shape index (κ1) is 20.9. The van der Waals surface area contributed by atoms with Gasteiger partial charge in [-0.05, 0) is 50.6 Å². The van der Waals surface area contributed by atoms with E-state index in [9.17, 15) is 18.0 Å². The number of carbonyl (C=O) groups excluding carboxylic acids is 2. The number of nitrogens with two attached hydrogens (primary N) is 1. The first-order chi connectivity index (χ1) is 12.5. The van der Waals surface area contributed by atoms with Crippen molar-refractivity contribution in [2.45, 2.75) is 31.8 Å². The maximum atomic E-state index is 12.3. The van der Waals surface area contributed by atoms with Crippen molar-refractivity contribution in [3.05, 3.63) is 58.1 Å². The lowest BCUT2D eigenvalue weighted by molar-refractivity contribution is -0.123. The molecule has 0 fully saturated rings. The minimum absolute atomic E-state index is 0.0883. The number of esters is 1. The van der Waals surface area contributed by atoms with Crippen LogP contribution in [0.2, 0.25) is 5.02 Å². The Morgan fingerprint density at radius 1 is 1.15 bits per heavy atom. The van der Waals surface area contributed by atoms with Gasteiger partial charge in [0.1, 0.15) is 4.90 Å². The quantitative estimate of drug-likeness (QED) is 0.735. The standard InChI is InChI=1S/C18H19ClN2O5S/c1-10-4-7-15(11(2)8-10)21-17(22)12(3)26-18(23)13-5-6-14(19)16(9-13)27(20,24)25/h4-9,12H,1-3H3,(H,21,22)(H2,20,24,25). The molecule has 0 bridgehead atoms. The molecule has 0 radical (unpaired) electrons. The summed E-state index contributed by atoms with van der Waals surface area (Å²) in [5.41, 5.74) is 2.45. The van der Waals surface area contributed by atoms with Gasteiger partial charge < -0.3 is 10.1 Å². The van der Waals surface area contributed by atoms with Crippen LogP contribution in [-0.2, 0) is 19.6 Å².